The molecule has 0 saturated carbocycles. The zero-order valence-corrected chi connectivity index (χ0v) is 24.7. The third-order valence-corrected chi connectivity index (χ3v) is 8.86. The molecule has 4 unspecified atom stereocenters. The molecule has 212 valence electrons. The Balaban J connectivity index is 2.59. The molecule has 0 bridgehead atoms. The van der Waals surface area contributed by atoms with Gasteiger partial charge in [0, 0.05) is 17.4 Å². The Morgan fingerprint density at radius 2 is 1.70 bits per heavy atom. The highest BCUT2D eigenvalue weighted by Gasteiger charge is 2.33. The Bertz CT molecular complexity index is 808. The summed E-state index contributed by atoms with van der Waals surface area (Å²) in [5.74, 6) is 0.905. The fourth-order valence-corrected chi connectivity index (χ4v) is 6.43. The second kappa shape index (κ2) is 20.1. The molecule has 0 aliphatic heterocycles. The molecule has 10 heteroatoms. The normalized spacial score (nSPS) is 15.6. The van der Waals surface area contributed by atoms with Crippen molar-refractivity contribution in [1.29, 1.82) is 0 Å². The molecule has 1 aromatic carbocycles. The summed E-state index contributed by atoms with van der Waals surface area (Å²) in [6.07, 6.45) is 8.10. The lowest BCUT2D eigenvalue weighted by molar-refractivity contribution is -0.153. The zero-order chi connectivity index (χ0) is 27.5. The van der Waals surface area contributed by atoms with Crippen LogP contribution in [-0.4, -0.2) is 58.7 Å². The number of rotatable bonds is 23. The van der Waals surface area contributed by atoms with E-state index in [9.17, 15) is 24.2 Å². The average Bonchev–Trinajstić information content (AvgIpc) is 2.86. The second-order valence-corrected chi connectivity index (χ2v) is 12.9. The summed E-state index contributed by atoms with van der Waals surface area (Å²) in [4.78, 5) is 32.2. The monoisotopic (exact) mass is 578 g/mol. The highest BCUT2D eigenvalue weighted by Crippen LogP contribution is 2.43. The van der Waals surface area contributed by atoms with Crippen molar-refractivity contribution in [2.24, 2.45) is 0 Å². The maximum atomic E-state index is 12.3. The predicted octanol–water partition coefficient (Wildman–Crippen LogP) is 7.34. The quantitative estimate of drug-likeness (QED) is 0.0788. The van der Waals surface area contributed by atoms with Gasteiger partial charge in [0.05, 0.1) is 18.9 Å². The Kier molecular flexibility index (Phi) is 18.5. The molecular weight excluding hydrogens is 535 g/mol. The van der Waals surface area contributed by atoms with Crippen molar-refractivity contribution in [3.05, 3.63) is 34.9 Å². The largest absolute Gasteiger partial charge is 0.479 e. The first kappa shape index (κ1) is 34.1. The minimum absolute atomic E-state index is 0.0734. The van der Waals surface area contributed by atoms with Crippen LogP contribution in [0.25, 0.3) is 0 Å². The summed E-state index contributed by atoms with van der Waals surface area (Å²) in [5, 5.41) is 10.3. The first-order chi connectivity index (χ1) is 17.7. The number of hydrogen-bond donors (Lipinski definition) is 2. The molecule has 0 amide bonds. The van der Waals surface area contributed by atoms with Gasteiger partial charge >= 0.3 is 13.6 Å². The lowest BCUT2D eigenvalue weighted by Gasteiger charge is -2.28. The maximum Gasteiger partial charge on any atom is 0.333 e. The van der Waals surface area contributed by atoms with Crippen molar-refractivity contribution in [1.82, 2.24) is 0 Å². The van der Waals surface area contributed by atoms with Crippen molar-refractivity contribution in [2.45, 2.75) is 96.2 Å². The molecule has 0 saturated heterocycles. The van der Waals surface area contributed by atoms with Crippen LogP contribution in [0.4, 0.5) is 0 Å². The lowest BCUT2D eigenvalue weighted by Crippen LogP contribution is -2.34. The Morgan fingerprint density at radius 1 is 1.08 bits per heavy atom. The van der Waals surface area contributed by atoms with Gasteiger partial charge in [-0.3, -0.25) is 4.57 Å². The number of aliphatic carboxylic acids is 1. The van der Waals surface area contributed by atoms with E-state index in [1.807, 2.05) is 49.9 Å². The first-order valence-corrected chi connectivity index (χ1v) is 16.6. The van der Waals surface area contributed by atoms with Crippen LogP contribution in [0.5, 0.6) is 0 Å². The zero-order valence-electron chi connectivity index (χ0n) is 22.2. The number of thioether (sulfide) groups is 1. The van der Waals surface area contributed by atoms with E-state index in [0.717, 1.165) is 61.9 Å². The van der Waals surface area contributed by atoms with Crippen LogP contribution < -0.4 is 0 Å². The van der Waals surface area contributed by atoms with Crippen molar-refractivity contribution in [2.75, 3.05) is 24.3 Å². The average molecular weight is 579 g/mol. The molecule has 0 aromatic heterocycles. The van der Waals surface area contributed by atoms with Gasteiger partial charge in [-0.15, -0.1) is 0 Å². The minimum Gasteiger partial charge on any atom is -0.479 e. The van der Waals surface area contributed by atoms with Gasteiger partial charge in [-0.05, 0) is 68.2 Å². The molecular formula is C27H44ClO7PS. The lowest BCUT2D eigenvalue weighted by atomic mass is 9.88. The van der Waals surface area contributed by atoms with E-state index in [0.29, 0.717) is 17.9 Å². The minimum atomic E-state index is -4.07. The fraction of sp³-hybridized carbons (Fsp3) is 0.704. The van der Waals surface area contributed by atoms with Crippen LogP contribution in [0, 0.1) is 0 Å². The van der Waals surface area contributed by atoms with Crippen LogP contribution in [0.2, 0.25) is 5.02 Å². The van der Waals surface area contributed by atoms with Crippen molar-refractivity contribution in [3.8, 4) is 0 Å². The molecule has 7 nitrogen and oxygen atoms in total. The van der Waals surface area contributed by atoms with E-state index < -0.39 is 31.9 Å². The number of ether oxygens (including phenoxy) is 1. The van der Waals surface area contributed by atoms with Crippen LogP contribution in [0.1, 0.15) is 89.5 Å². The van der Waals surface area contributed by atoms with Gasteiger partial charge < -0.3 is 24.1 Å². The number of hydrogen-bond acceptors (Lipinski definition) is 6. The van der Waals surface area contributed by atoms with Gasteiger partial charge in [0.1, 0.15) is 6.29 Å². The molecule has 0 radical (unpaired) electrons. The number of halogens is 1. The highest BCUT2D eigenvalue weighted by molar-refractivity contribution is 7.99. The van der Waals surface area contributed by atoms with Gasteiger partial charge in [0.15, 0.2) is 6.10 Å². The number of benzene rings is 1. The number of carbonyl (C=O) groups is 2. The number of carboxylic acid groups (broad SMARTS) is 1. The molecule has 4 atom stereocenters. The van der Waals surface area contributed by atoms with E-state index in [4.69, 9.17) is 20.9 Å². The number of aldehydes is 1. The first-order valence-electron chi connectivity index (χ1n) is 13.3. The number of unbranched alkanes of at least 4 members (excludes halogenated alkanes) is 6. The number of carboxylic acids is 1. The Labute approximate surface area is 231 Å². The van der Waals surface area contributed by atoms with Crippen molar-refractivity contribution in [3.63, 3.8) is 0 Å². The topological polar surface area (TPSA) is 110 Å². The summed E-state index contributed by atoms with van der Waals surface area (Å²) in [7, 11) is -4.07. The molecule has 2 N–H and O–H groups in total. The third-order valence-electron chi connectivity index (χ3n) is 6.08. The predicted molar refractivity (Wildman–Crippen MR) is 152 cm³/mol. The fourth-order valence-electron chi connectivity index (χ4n) is 4.04. The second-order valence-electron chi connectivity index (χ2n) is 9.31. The molecule has 0 spiro atoms. The van der Waals surface area contributed by atoms with Crippen LogP contribution in [0.15, 0.2) is 24.3 Å². The molecule has 0 aliphatic carbocycles. The van der Waals surface area contributed by atoms with Crippen molar-refractivity contribution >= 4 is 43.2 Å². The molecule has 1 aromatic rings. The summed E-state index contributed by atoms with van der Waals surface area (Å²) >= 11 is 8.02. The molecule has 1 rings (SSSR count). The maximum absolute atomic E-state index is 12.3. The van der Waals surface area contributed by atoms with Gasteiger partial charge in [-0.25, -0.2) is 4.79 Å². The third kappa shape index (κ3) is 16.0. The van der Waals surface area contributed by atoms with Crippen LogP contribution in [-0.2, 0) is 23.4 Å². The molecule has 37 heavy (non-hydrogen) atoms. The van der Waals surface area contributed by atoms with Gasteiger partial charge in [0.25, 0.3) is 0 Å². The Morgan fingerprint density at radius 3 is 2.32 bits per heavy atom. The SMILES string of the molecule is CCCOP(=O)(O)CC(OC(C)C(CCCCCCCSCCCCC=O)c1ccc(Cl)cc1)C(=O)O. The van der Waals surface area contributed by atoms with Crippen LogP contribution in [0.3, 0.4) is 0 Å². The smallest absolute Gasteiger partial charge is 0.333 e. The van der Waals surface area contributed by atoms with Gasteiger partial charge in [-0.1, -0.05) is 56.3 Å². The molecule has 0 aliphatic rings. The summed E-state index contributed by atoms with van der Waals surface area (Å²) < 4.78 is 23.2. The van der Waals surface area contributed by atoms with Crippen molar-refractivity contribution < 1.29 is 33.4 Å². The van der Waals surface area contributed by atoms with E-state index in [1.54, 1.807) is 0 Å². The summed E-state index contributed by atoms with van der Waals surface area (Å²) in [5.41, 5.74) is 1.00. The summed E-state index contributed by atoms with van der Waals surface area (Å²) in [6, 6.07) is 7.47. The Hall–Kier alpha value is -0.890. The van der Waals surface area contributed by atoms with E-state index in [-0.39, 0.29) is 12.5 Å². The molecule has 0 fully saturated rings. The van der Waals surface area contributed by atoms with E-state index in [1.165, 1.54) is 12.8 Å². The van der Waals surface area contributed by atoms with Gasteiger partial charge in [-0.2, -0.15) is 11.8 Å². The van der Waals surface area contributed by atoms with E-state index >= 15 is 0 Å². The summed E-state index contributed by atoms with van der Waals surface area (Å²) in [6.45, 7) is 3.71. The van der Waals surface area contributed by atoms with E-state index in [2.05, 4.69) is 0 Å². The molecule has 0 heterocycles. The van der Waals surface area contributed by atoms with Gasteiger partial charge in [0.2, 0.25) is 0 Å². The highest BCUT2D eigenvalue weighted by atomic mass is 35.5. The number of carbonyl (C=O) groups excluding carboxylic acids is 1. The van der Waals surface area contributed by atoms with Crippen LogP contribution >= 0.6 is 31.0 Å². The standard InChI is InChI=1S/C27H44ClO7PS/c1-3-18-34-36(32,33)21-26(27(30)31)35-22(2)25(23-13-15-24(28)16-14-23)12-8-5-4-6-10-19-37-20-11-7-9-17-29/h13-17,22,25-26H,3-12,18-21H2,1-2H3,(H,30,31)(H,32,33).